The molecule has 0 aromatic heterocycles. The van der Waals surface area contributed by atoms with Crippen LogP contribution in [-0.2, 0) is 6.42 Å². The predicted molar refractivity (Wildman–Crippen MR) is 53.0 cm³/mol. The van der Waals surface area contributed by atoms with Gasteiger partial charge in [0, 0.05) is 5.57 Å². The predicted octanol–water partition coefficient (Wildman–Crippen LogP) is 3.50. The average Bonchev–Trinajstić information content (AvgIpc) is 2.18. The lowest BCUT2D eigenvalue weighted by Crippen LogP contribution is -2.03. The molecule has 0 N–H and O–H groups in total. The van der Waals surface area contributed by atoms with Gasteiger partial charge in [0.15, 0.2) is 0 Å². The summed E-state index contributed by atoms with van der Waals surface area (Å²) >= 11 is 0. The molecule has 0 fully saturated rings. The molecule has 0 bridgehead atoms. The Balaban J connectivity index is 2.58. The molecule has 0 saturated heterocycles. The third kappa shape index (κ3) is 1.31. The summed E-state index contributed by atoms with van der Waals surface area (Å²) in [7, 11) is 0. The van der Waals surface area contributed by atoms with Crippen LogP contribution in [0, 0.1) is 0 Å². The summed E-state index contributed by atoms with van der Waals surface area (Å²) in [4.78, 5) is 0. The van der Waals surface area contributed by atoms with E-state index in [1.807, 2.05) is 24.3 Å². The fraction of sp³-hybridized carbons (Fsp3) is 0.167. The van der Waals surface area contributed by atoms with Crippen LogP contribution in [0.5, 0.6) is 0 Å². The number of rotatable bonds is 0. The molecule has 0 unspecified atom stereocenters. The lowest BCUT2D eigenvalue weighted by molar-refractivity contribution is 0.721. The van der Waals surface area contributed by atoms with Crippen molar-refractivity contribution < 1.29 is 4.39 Å². The molecule has 1 heteroatoms. The number of hydrogen-bond donors (Lipinski definition) is 0. The highest BCUT2D eigenvalue weighted by molar-refractivity contribution is 5.81. The molecule has 1 aromatic rings. The average molecular weight is 174 g/mol. The van der Waals surface area contributed by atoms with Gasteiger partial charge in [-0.3, -0.25) is 0 Å². The monoisotopic (exact) mass is 174 g/mol. The molecule has 0 heterocycles. The molecule has 0 amide bonds. The number of hydrogen-bond acceptors (Lipinski definition) is 0. The van der Waals surface area contributed by atoms with E-state index in [4.69, 9.17) is 0 Å². The van der Waals surface area contributed by atoms with E-state index in [2.05, 4.69) is 6.58 Å². The molecular weight excluding hydrogens is 163 g/mol. The van der Waals surface area contributed by atoms with E-state index in [0.29, 0.717) is 11.9 Å². The van der Waals surface area contributed by atoms with Crippen molar-refractivity contribution in [3.63, 3.8) is 0 Å². The summed E-state index contributed by atoms with van der Waals surface area (Å²) < 4.78 is 12.6. The lowest BCUT2D eigenvalue weighted by Gasteiger charge is -2.19. The molecule has 0 nitrogen and oxygen atoms in total. The van der Waals surface area contributed by atoms with Gasteiger partial charge in [0.2, 0.25) is 0 Å². The van der Waals surface area contributed by atoms with Crippen LogP contribution in [0.25, 0.3) is 5.57 Å². The van der Waals surface area contributed by atoms with E-state index in [-0.39, 0.29) is 0 Å². The second-order valence-electron chi connectivity index (χ2n) is 3.28. The van der Waals surface area contributed by atoms with Crippen molar-refractivity contribution in [2.24, 2.45) is 0 Å². The Labute approximate surface area is 77.4 Å². The van der Waals surface area contributed by atoms with E-state index >= 15 is 0 Å². The first-order valence-corrected chi connectivity index (χ1v) is 4.39. The Kier molecular flexibility index (Phi) is 2.01. The van der Waals surface area contributed by atoms with Gasteiger partial charge in [0.25, 0.3) is 0 Å². The summed E-state index contributed by atoms with van der Waals surface area (Å²) in [6.45, 7) is 3.86. The summed E-state index contributed by atoms with van der Waals surface area (Å²) in [5, 5.41) is 0. The van der Waals surface area contributed by atoms with Gasteiger partial charge in [-0.15, -0.1) is 0 Å². The Morgan fingerprint density at radius 1 is 1.23 bits per heavy atom. The van der Waals surface area contributed by atoms with Crippen LogP contribution in [-0.4, -0.2) is 0 Å². The van der Waals surface area contributed by atoms with E-state index in [1.54, 1.807) is 0 Å². The number of benzene rings is 1. The van der Waals surface area contributed by atoms with Gasteiger partial charge in [-0.05, 0) is 29.5 Å². The van der Waals surface area contributed by atoms with Crippen molar-refractivity contribution in [1.82, 2.24) is 0 Å². The summed E-state index contributed by atoms with van der Waals surface area (Å²) in [5.41, 5.74) is 3.79. The first-order valence-electron chi connectivity index (χ1n) is 4.39. The molecule has 0 radical (unpaired) electrons. The SMILES string of the molecule is C=C1CCc2ccccc2/C1=C/F. The Morgan fingerprint density at radius 2 is 2.00 bits per heavy atom. The molecule has 1 aliphatic carbocycles. The smallest absolute Gasteiger partial charge is 0.0947 e. The van der Waals surface area contributed by atoms with Crippen molar-refractivity contribution in [1.29, 1.82) is 0 Å². The maximum absolute atomic E-state index is 12.6. The van der Waals surface area contributed by atoms with Gasteiger partial charge >= 0.3 is 0 Å². The highest BCUT2D eigenvalue weighted by Crippen LogP contribution is 2.33. The van der Waals surface area contributed by atoms with Gasteiger partial charge < -0.3 is 0 Å². The number of fused-ring (bicyclic) bond motifs is 1. The van der Waals surface area contributed by atoms with Crippen molar-refractivity contribution >= 4 is 5.57 Å². The van der Waals surface area contributed by atoms with E-state index in [1.165, 1.54) is 5.56 Å². The van der Waals surface area contributed by atoms with Gasteiger partial charge in [-0.2, -0.15) is 0 Å². The Bertz CT molecular complexity index is 374. The minimum atomic E-state index is 0.667. The second kappa shape index (κ2) is 3.17. The molecule has 0 atom stereocenters. The van der Waals surface area contributed by atoms with Crippen LogP contribution < -0.4 is 0 Å². The highest BCUT2D eigenvalue weighted by Gasteiger charge is 2.15. The van der Waals surface area contributed by atoms with Gasteiger partial charge in [0.05, 0.1) is 6.33 Å². The topological polar surface area (TPSA) is 0 Å². The zero-order valence-corrected chi connectivity index (χ0v) is 7.39. The fourth-order valence-corrected chi connectivity index (χ4v) is 1.75. The zero-order valence-electron chi connectivity index (χ0n) is 7.39. The van der Waals surface area contributed by atoms with Crippen LogP contribution in [0.4, 0.5) is 4.39 Å². The molecule has 0 aliphatic heterocycles. The van der Waals surface area contributed by atoms with Crippen molar-refractivity contribution in [2.45, 2.75) is 12.8 Å². The maximum atomic E-state index is 12.6. The molecule has 0 saturated carbocycles. The molecule has 66 valence electrons. The minimum absolute atomic E-state index is 0.667. The zero-order chi connectivity index (χ0) is 9.26. The number of allylic oxidation sites excluding steroid dienone is 2. The molecule has 1 aliphatic rings. The fourth-order valence-electron chi connectivity index (χ4n) is 1.75. The van der Waals surface area contributed by atoms with Crippen molar-refractivity contribution in [3.05, 3.63) is 53.9 Å². The Hall–Kier alpha value is -1.37. The van der Waals surface area contributed by atoms with Crippen molar-refractivity contribution in [2.75, 3.05) is 0 Å². The molecular formula is C12H11F. The maximum Gasteiger partial charge on any atom is 0.0947 e. The van der Waals surface area contributed by atoms with Crippen LogP contribution in [0.15, 0.2) is 42.7 Å². The molecule has 13 heavy (non-hydrogen) atoms. The third-order valence-corrected chi connectivity index (χ3v) is 2.49. The highest BCUT2D eigenvalue weighted by atomic mass is 19.1. The summed E-state index contributed by atoms with van der Waals surface area (Å²) in [5.74, 6) is 0. The first kappa shape index (κ1) is 8.24. The number of aryl methyl sites for hydroxylation is 1. The van der Waals surface area contributed by atoms with Gasteiger partial charge in [-0.25, -0.2) is 4.39 Å². The largest absolute Gasteiger partial charge is 0.215 e. The van der Waals surface area contributed by atoms with Crippen LogP contribution in [0.2, 0.25) is 0 Å². The Morgan fingerprint density at radius 3 is 2.77 bits per heavy atom. The quantitative estimate of drug-likeness (QED) is 0.564. The lowest BCUT2D eigenvalue weighted by atomic mass is 9.85. The first-order chi connectivity index (χ1) is 6.33. The van der Waals surface area contributed by atoms with Crippen molar-refractivity contribution in [3.8, 4) is 0 Å². The molecule has 2 rings (SSSR count). The van der Waals surface area contributed by atoms with E-state index < -0.39 is 0 Å². The molecule has 1 aromatic carbocycles. The van der Waals surface area contributed by atoms with Crippen LogP contribution in [0.1, 0.15) is 17.5 Å². The van der Waals surface area contributed by atoms with Crippen LogP contribution in [0.3, 0.4) is 0 Å². The molecule has 0 spiro atoms. The van der Waals surface area contributed by atoms with Crippen LogP contribution >= 0.6 is 0 Å². The third-order valence-electron chi connectivity index (χ3n) is 2.49. The van der Waals surface area contributed by atoms with Gasteiger partial charge in [-0.1, -0.05) is 30.8 Å². The summed E-state index contributed by atoms with van der Waals surface area (Å²) in [6, 6.07) is 7.92. The number of halogens is 1. The minimum Gasteiger partial charge on any atom is -0.215 e. The van der Waals surface area contributed by atoms with Gasteiger partial charge in [0.1, 0.15) is 0 Å². The normalized spacial score (nSPS) is 18.8. The van der Waals surface area contributed by atoms with E-state index in [9.17, 15) is 4.39 Å². The standard InChI is InChI=1S/C12H11F/c1-9-6-7-10-4-2-3-5-11(10)12(9)8-13/h2-5,8H,1,6-7H2/b12-8+. The van der Waals surface area contributed by atoms with E-state index in [0.717, 1.165) is 24.0 Å². The second-order valence-corrected chi connectivity index (χ2v) is 3.28. The summed E-state index contributed by atoms with van der Waals surface area (Å²) in [6.07, 6.45) is 2.51.